The summed E-state index contributed by atoms with van der Waals surface area (Å²) in [6.07, 6.45) is -1.38. The average molecular weight is 374 g/mol. The molecule has 146 valence electrons. The van der Waals surface area contributed by atoms with Crippen molar-refractivity contribution in [3.8, 4) is 0 Å². The minimum atomic E-state index is -4.11. The molecule has 3 amide bonds. The molecule has 2 aliphatic heterocycles. The number of alkyl halides is 3. The number of hydrogen-bond donors (Lipinski definition) is 2. The Morgan fingerprint density at radius 2 is 1.81 bits per heavy atom. The van der Waals surface area contributed by atoms with E-state index in [2.05, 4.69) is 5.32 Å². The van der Waals surface area contributed by atoms with Gasteiger partial charge in [0.25, 0.3) is 0 Å². The summed E-state index contributed by atoms with van der Waals surface area (Å²) in [5, 5.41) is 3.08. The van der Waals surface area contributed by atoms with E-state index in [1.807, 2.05) is 0 Å². The third kappa shape index (κ3) is 2.93. The molecule has 2 heterocycles. The first kappa shape index (κ1) is 17.9. The van der Waals surface area contributed by atoms with Gasteiger partial charge in [0, 0.05) is 44.2 Å². The van der Waals surface area contributed by atoms with E-state index in [4.69, 9.17) is 5.73 Å². The Morgan fingerprint density at radius 3 is 2.31 bits per heavy atom. The highest BCUT2D eigenvalue weighted by Gasteiger charge is 2.63. The fraction of sp³-hybridized carbons (Fsp3) is 0.882. The van der Waals surface area contributed by atoms with Gasteiger partial charge in [-0.1, -0.05) is 0 Å². The van der Waals surface area contributed by atoms with Crippen molar-refractivity contribution in [3.05, 3.63) is 0 Å². The number of likely N-dealkylation sites (tertiary alicyclic amines) is 2. The van der Waals surface area contributed by atoms with Crippen molar-refractivity contribution in [2.75, 3.05) is 32.7 Å². The highest BCUT2D eigenvalue weighted by molar-refractivity contribution is 5.80. The fourth-order valence-corrected chi connectivity index (χ4v) is 4.70. The standard InChI is InChI=1S/C17H25F3N4O2/c18-17(19,20)16(2-3-16)8-22-12-5-15(6-12)9-24(10-15)14(26)23-4-1-11(7-23)13(21)25/h11-12,22H,1-10H2,(H2,21,25)/t11-/m0/s1. The molecule has 1 spiro atoms. The highest BCUT2D eigenvalue weighted by atomic mass is 19.4. The Labute approximate surface area is 150 Å². The number of carbonyl (C=O) groups excluding carboxylic acids is 2. The minimum absolute atomic E-state index is 0.0160. The molecule has 4 rings (SSSR count). The molecular weight excluding hydrogens is 349 g/mol. The second-order valence-corrected chi connectivity index (χ2v) is 8.74. The Bertz CT molecular complexity index is 606. The monoisotopic (exact) mass is 374 g/mol. The van der Waals surface area contributed by atoms with Gasteiger partial charge in [-0.3, -0.25) is 4.79 Å². The van der Waals surface area contributed by atoms with E-state index in [1.54, 1.807) is 9.80 Å². The first-order chi connectivity index (χ1) is 12.1. The molecule has 2 aliphatic carbocycles. The van der Waals surface area contributed by atoms with Crippen LogP contribution in [0, 0.1) is 16.7 Å². The number of rotatable bonds is 4. The molecule has 0 aromatic heterocycles. The van der Waals surface area contributed by atoms with Crippen LogP contribution in [-0.4, -0.2) is 66.7 Å². The summed E-state index contributed by atoms with van der Waals surface area (Å²) < 4.78 is 38.8. The summed E-state index contributed by atoms with van der Waals surface area (Å²) in [6, 6.07) is 0.0721. The number of halogens is 3. The third-order valence-corrected chi connectivity index (χ3v) is 6.73. The maximum atomic E-state index is 12.9. The smallest absolute Gasteiger partial charge is 0.369 e. The number of hydrogen-bond acceptors (Lipinski definition) is 3. The van der Waals surface area contributed by atoms with E-state index in [-0.39, 0.29) is 48.7 Å². The van der Waals surface area contributed by atoms with E-state index >= 15 is 0 Å². The van der Waals surface area contributed by atoms with Crippen molar-refractivity contribution in [1.82, 2.24) is 15.1 Å². The topological polar surface area (TPSA) is 78.7 Å². The molecule has 2 saturated carbocycles. The molecule has 0 radical (unpaired) electrons. The number of amides is 3. The second kappa shape index (κ2) is 5.74. The lowest BCUT2D eigenvalue weighted by Crippen LogP contribution is -2.68. The van der Waals surface area contributed by atoms with Gasteiger partial charge >= 0.3 is 12.2 Å². The van der Waals surface area contributed by atoms with Crippen molar-refractivity contribution < 1.29 is 22.8 Å². The van der Waals surface area contributed by atoms with Crippen molar-refractivity contribution >= 4 is 11.9 Å². The summed E-state index contributed by atoms with van der Waals surface area (Å²) in [4.78, 5) is 27.1. The van der Waals surface area contributed by atoms with Crippen LogP contribution in [0.25, 0.3) is 0 Å². The molecule has 3 N–H and O–H groups in total. The zero-order chi connectivity index (χ0) is 18.7. The lowest BCUT2D eigenvalue weighted by Gasteiger charge is -2.59. The number of primary amides is 1. The van der Waals surface area contributed by atoms with E-state index in [0.717, 1.165) is 12.8 Å². The zero-order valence-corrected chi connectivity index (χ0v) is 14.6. The molecule has 4 fully saturated rings. The van der Waals surface area contributed by atoms with Crippen LogP contribution in [0.5, 0.6) is 0 Å². The van der Waals surface area contributed by atoms with Crippen LogP contribution in [0.1, 0.15) is 32.1 Å². The van der Waals surface area contributed by atoms with Gasteiger partial charge in [-0.05, 0) is 32.1 Å². The van der Waals surface area contributed by atoms with Gasteiger partial charge in [-0.15, -0.1) is 0 Å². The van der Waals surface area contributed by atoms with Gasteiger partial charge < -0.3 is 20.9 Å². The van der Waals surface area contributed by atoms with Crippen LogP contribution in [0.15, 0.2) is 0 Å². The second-order valence-electron chi connectivity index (χ2n) is 8.74. The van der Waals surface area contributed by atoms with Crippen molar-refractivity contribution in [1.29, 1.82) is 0 Å². The molecule has 0 bridgehead atoms. The van der Waals surface area contributed by atoms with Crippen LogP contribution in [0.2, 0.25) is 0 Å². The summed E-state index contributed by atoms with van der Waals surface area (Å²) in [5.41, 5.74) is 3.87. The minimum Gasteiger partial charge on any atom is -0.369 e. The molecular formula is C17H25F3N4O2. The average Bonchev–Trinajstić information content (AvgIpc) is 3.11. The maximum absolute atomic E-state index is 12.9. The predicted molar refractivity (Wildman–Crippen MR) is 87.0 cm³/mol. The van der Waals surface area contributed by atoms with Crippen LogP contribution in [0.3, 0.4) is 0 Å². The predicted octanol–water partition coefficient (Wildman–Crippen LogP) is 1.31. The molecule has 2 saturated heterocycles. The first-order valence-electron chi connectivity index (χ1n) is 9.26. The number of nitrogens with two attached hydrogens (primary N) is 1. The van der Waals surface area contributed by atoms with E-state index in [0.29, 0.717) is 32.6 Å². The lowest BCUT2D eigenvalue weighted by molar-refractivity contribution is -0.187. The zero-order valence-electron chi connectivity index (χ0n) is 14.6. The third-order valence-electron chi connectivity index (χ3n) is 6.73. The van der Waals surface area contributed by atoms with E-state index < -0.39 is 11.6 Å². The van der Waals surface area contributed by atoms with Gasteiger partial charge in [0.1, 0.15) is 0 Å². The summed E-state index contributed by atoms with van der Waals surface area (Å²) >= 11 is 0. The van der Waals surface area contributed by atoms with Gasteiger partial charge in [-0.2, -0.15) is 13.2 Å². The number of nitrogens with zero attached hydrogens (tertiary/aromatic N) is 2. The quantitative estimate of drug-likeness (QED) is 0.779. The Balaban J connectivity index is 1.18. The van der Waals surface area contributed by atoms with Crippen LogP contribution in [0.4, 0.5) is 18.0 Å². The van der Waals surface area contributed by atoms with Crippen LogP contribution >= 0.6 is 0 Å². The molecule has 0 aromatic rings. The highest BCUT2D eigenvalue weighted by Crippen LogP contribution is 2.57. The van der Waals surface area contributed by atoms with Gasteiger partial charge in [0.15, 0.2) is 0 Å². The molecule has 0 unspecified atom stereocenters. The van der Waals surface area contributed by atoms with Crippen molar-refractivity contribution in [2.24, 2.45) is 22.5 Å². The molecule has 4 aliphatic rings. The molecule has 6 nitrogen and oxygen atoms in total. The van der Waals surface area contributed by atoms with Gasteiger partial charge in [0.05, 0.1) is 11.3 Å². The number of urea groups is 1. The Kier molecular flexibility index (Phi) is 3.95. The normalized spacial score (nSPS) is 29.4. The number of carbonyl (C=O) groups is 2. The van der Waals surface area contributed by atoms with E-state index in [1.165, 1.54) is 0 Å². The molecule has 1 atom stereocenters. The van der Waals surface area contributed by atoms with Gasteiger partial charge in [0.2, 0.25) is 5.91 Å². The molecule has 9 heteroatoms. The summed E-state index contributed by atoms with van der Waals surface area (Å²) in [7, 11) is 0. The van der Waals surface area contributed by atoms with Gasteiger partial charge in [-0.25, -0.2) is 4.79 Å². The summed E-state index contributed by atoms with van der Waals surface area (Å²) in [5.74, 6) is -0.615. The summed E-state index contributed by atoms with van der Waals surface area (Å²) in [6.45, 7) is 2.28. The molecule has 0 aromatic carbocycles. The number of nitrogens with one attached hydrogen (secondary N) is 1. The molecule has 26 heavy (non-hydrogen) atoms. The first-order valence-corrected chi connectivity index (χ1v) is 9.26. The van der Waals surface area contributed by atoms with Crippen LogP contribution in [-0.2, 0) is 4.79 Å². The fourth-order valence-electron chi connectivity index (χ4n) is 4.70. The SMILES string of the molecule is NC(=O)[C@H]1CCN(C(=O)N2CC3(CC(NCC4(C(F)(F)F)CC4)C3)C2)C1. The van der Waals surface area contributed by atoms with Crippen molar-refractivity contribution in [3.63, 3.8) is 0 Å². The van der Waals surface area contributed by atoms with Crippen LogP contribution < -0.4 is 11.1 Å². The lowest BCUT2D eigenvalue weighted by atomic mass is 9.60. The van der Waals surface area contributed by atoms with E-state index in [9.17, 15) is 22.8 Å². The Hall–Kier alpha value is -1.51. The Morgan fingerprint density at radius 1 is 1.15 bits per heavy atom. The maximum Gasteiger partial charge on any atom is 0.395 e. The largest absolute Gasteiger partial charge is 0.395 e. The van der Waals surface area contributed by atoms with Crippen molar-refractivity contribution in [2.45, 2.75) is 44.3 Å².